The minimum atomic E-state index is -4.94. The van der Waals surface area contributed by atoms with Crippen LogP contribution in [0.5, 0.6) is 0 Å². The largest absolute Gasteiger partial charge is 2.00 e. The van der Waals surface area contributed by atoms with Gasteiger partial charge in [-0.15, -0.1) is 10.2 Å². The van der Waals surface area contributed by atoms with Crippen LogP contribution < -0.4 is 23.7 Å². The molecule has 49 heavy (non-hydrogen) atoms. The number of fused-ring (bicyclic) bond motifs is 6. The minimum absolute atomic E-state index is 0. The average Bonchev–Trinajstić information content (AvgIpc) is 3.08. The third-order valence-electron chi connectivity index (χ3n) is 5.91. The Kier molecular flexibility index (Phi) is 17.9. The number of carboxylic acids is 1. The molecule has 7 rings (SSSR count). The van der Waals surface area contributed by atoms with Crippen molar-refractivity contribution in [2.75, 3.05) is 14.1 Å². The Bertz CT molecular complexity index is 1820. The fourth-order valence-electron chi connectivity index (χ4n) is 3.93. The van der Waals surface area contributed by atoms with E-state index in [1.54, 1.807) is 57.1 Å². The first kappa shape index (κ1) is 41.9. The molecule has 15 heteroatoms. The molecule has 0 fully saturated rings. The van der Waals surface area contributed by atoms with Gasteiger partial charge in [-0.1, -0.05) is 78.9 Å². The standard InChI is InChI=1S/2C12H8N2.C7H6O2.C3H7NO.ClHO4.Mn.H2O/c2*1-3-9-5-6-10-4-2-8-14-12(10)11(9)13-7-1;8-7(9)6-4-2-1-3-5-6;1-4(2)3-5;2-1(3,4)5;;/h2*1-8H;1-5H,(H,8,9);3H,1-2H3;(H,2,3,4,5);;1H2/q;;;;;+2;/p-1. The van der Waals surface area contributed by atoms with E-state index < -0.39 is 16.2 Å². The van der Waals surface area contributed by atoms with Crippen molar-refractivity contribution in [3.8, 4) is 0 Å². The van der Waals surface area contributed by atoms with Crippen molar-refractivity contribution >= 4 is 56.0 Å². The molecule has 0 bridgehead atoms. The number of hydrogen-bond donors (Lipinski definition) is 0. The molecule has 253 valence electrons. The average molecular weight is 728 g/mol. The molecule has 1 radical (unpaired) electrons. The summed E-state index contributed by atoms with van der Waals surface area (Å²) in [5.74, 6) is -1.13. The number of carbonyl (C=O) groups is 2. The number of carbonyl (C=O) groups excluding carboxylic acids is 2. The van der Waals surface area contributed by atoms with E-state index in [1.807, 2.05) is 24.3 Å². The van der Waals surface area contributed by atoms with Gasteiger partial charge < -0.3 is 20.3 Å². The fourth-order valence-corrected chi connectivity index (χ4v) is 3.93. The zero-order chi connectivity index (χ0) is 34.2. The molecule has 1 amide bonds. The van der Waals surface area contributed by atoms with E-state index in [0.717, 1.165) is 50.0 Å². The monoisotopic (exact) mass is 727 g/mol. The van der Waals surface area contributed by atoms with E-state index in [1.165, 1.54) is 17.0 Å². The summed E-state index contributed by atoms with van der Waals surface area (Å²) in [7, 11) is -1.57. The van der Waals surface area contributed by atoms with Crippen molar-refractivity contribution in [1.29, 1.82) is 0 Å². The first-order chi connectivity index (χ1) is 22.5. The van der Waals surface area contributed by atoms with Crippen molar-refractivity contribution in [1.82, 2.24) is 24.8 Å². The van der Waals surface area contributed by atoms with Gasteiger partial charge in [0.05, 0.1) is 28.0 Å². The van der Waals surface area contributed by atoms with E-state index in [2.05, 4.69) is 68.5 Å². The summed E-state index contributed by atoms with van der Waals surface area (Å²) in [5, 5.41) is 14.6. The van der Waals surface area contributed by atoms with Crippen LogP contribution in [-0.4, -0.2) is 51.3 Å². The van der Waals surface area contributed by atoms with Crippen LogP contribution in [0.3, 0.4) is 0 Å². The predicted octanol–water partition coefficient (Wildman–Crippen LogP) is -0.360. The second kappa shape index (κ2) is 21.0. The SMILES string of the molecule is CN(C)C=O.O=C([O-])c1ccccc1.[Mn+2].[O-][Cl+3]([O-])([O-])[O-].[OH3+].c1cnc2c(c1)ccc1cccnc12.c1cnc2c(c1)ccc1cccnc12. The molecule has 4 aromatic heterocycles. The van der Waals surface area contributed by atoms with Crippen LogP contribution in [-0.2, 0) is 27.3 Å². The summed E-state index contributed by atoms with van der Waals surface area (Å²) in [4.78, 5) is 38.4. The Balaban J connectivity index is 0.000000324. The third-order valence-corrected chi connectivity index (χ3v) is 5.91. The number of rotatable bonds is 2. The zero-order valence-corrected chi connectivity index (χ0v) is 28.1. The van der Waals surface area contributed by atoms with Crippen molar-refractivity contribution in [2.24, 2.45) is 0 Å². The maximum absolute atomic E-state index is 10.1. The van der Waals surface area contributed by atoms with E-state index in [-0.39, 0.29) is 28.1 Å². The summed E-state index contributed by atoms with van der Waals surface area (Å²) in [6, 6.07) is 32.3. The predicted molar refractivity (Wildman–Crippen MR) is 169 cm³/mol. The molecule has 0 spiro atoms. The van der Waals surface area contributed by atoms with Gasteiger partial charge in [-0.05, 0) is 29.8 Å². The number of hydrogen-bond acceptors (Lipinski definition) is 11. The molecule has 4 heterocycles. The quantitative estimate of drug-likeness (QED) is 0.0964. The van der Waals surface area contributed by atoms with E-state index in [9.17, 15) is 14.7 Å². The van der Waals surface area contributed by atoms with Gasteiger partial charge in [-0.3, -0.25) is 24.7 Å². The number of halogens is 1. The number of carboxylic acid groups (broad SMARTS) is 1. The van der Waals surface area contributed by atoms with Crippen molar-refractivity contribution in [3.63, 3.8) is 0 Å². The van der Waals surface area contributed by atoms with Gasteiger partial charge in [-0.2, -0.15) is 0 Å². The van der Waals surface area contributed by atoms with E-state index >= 15 is 0 Å². The summed E-state index contributed by atoms with van der Waals surface area (Å²) in [5.41, 5.74) is 4.13. The van der Waals surface area contributed by atoms with Crippen LogP contribution in [0.1, 0.15) is 10.4 Å². The molecule has 0 aliphatic rings. The molecule has 0 atom stereocenters. The number of nitrogens with zero attached hydrogens (tertiary/aromatic N) is 5. The summed E-state index contributed by atoms with van der Waals surface area (Å²) < 4.78 is 34.0. The molecule has 0 aliphatic heterocycles. The van der Waals surface area contributed by atoms with Gasteiger partial charge in [0.15, 0.2) is 0 Å². The van der Waals surface area contributed by atoms with Gasteiger partial charge >= 0.3 is 17.1 Å². The molecule has 3 aromatic carbocycles. The number of aromatic nitrogens is 4. The molecule has 3 N–H and O–H groups in total. The number of amides is 1. The van der Waals surface area contributed by atoms with Crippen molar-refractivity contribution in [2.45, 2.75) is 0 Å². The van der Waals surface area contributed by atoms with E-state index in [0.29, 0.717) is 0 Å². The molecule has 0 saturated heterocycles. The molecule has 0 aliphatic carbocycles. The maximum Gasteiger partial charge on any atom is 2.00 e. The molecule has 0 unspecified atom stereocenters. The maximum atomic E-state index is 10.1. The molecule has 13 nitrogen and oxygen atoms in total. The van der Waals surface area contributed by atoms with Crippen LogP contribution in [0.4, 0.5) is 0 Å². The van der Waals surface area contributed by atoms with Gasteiger partial charge in [-0.25, -0.2) is 18.6 Å². The van der Waals surface area contributed by atoms with Crippen LogP contribution in [0, 0.1) is 10.2 Å². The van der Waals surface area contributed by atoms with Gasteiger partial charge in [0.1, 0.15) is 0 Å². The van der Waals surface area contributed by atoms with Crippen LogP contribution in [0.25, 0.3) is 43.6 Å². The normalized spacial score (nSPS) is 9.76. The summed E-state index contributed by atoms with van der Waals surface area (Å²) >= 11 is 0. The van der Waals surface area contributed by atoms with Crippen LogP contribution in [0.2, 0.25) is 0 Å². The number of pyridine rings is 4. The van der Waals surface area contributed by atoms with E-state index in [4.69, 9.17) is 18.6 Å². The van der Waals surface area contributed by atoms with Crippen LogP contribution in [0.15, 0.2) is 128 Å². The Labute approximate surface area is 293 Å². The van der Waals surface area contributed by atoms with Gasteiger partial charge in [0.25, 0.3) is 0 Å². The molecular formula is C34H31ClMnN5O8+. The summed E-state index contributed by atoms with van der Waals surface area (Å²) in [6.45, 7) is 0. The van der Waals surface area contributed by atoms with Crippen molar-refractivity contribution in [3.05, 3.63) is 133 Å². The Hall–Kier alpha value is -5.15. The third kappa shape index (κ3) is 14.2. The Morgan fingerprint density at radius 3 is 1.04 bits per heavy atom. The Morgan fingerprint density at radius 1 is 0.571 bits per heavy atom. The van der Waals surface area contributed by atoms with Gasteiger partial charge in [0.2, 0.25) is 6.41 Å². The zero-order valence-electron chi connectivity index (χ0n) is 26.1. The topological polar surface area (TPSA) is 237 Å². The second-order valence-corrected chi connectivity index (χ2v) is 10.3. The molecular weight excluding hydrogens is 697 g/mol. The van der Waals surface area contributed by atoms with Gasteiger partial charge in [0, 0.05) is 60.4 Å². The number of benzene rings is 3. The minimum Gasteiger partial charge on any atom is -0.545 e. The second-order valence-electron chi connectivity index (χ2n) is 9.53. The Morgan fingerprint density at radius 2 is 0.837 bits per heavy atom. The first-order valence-electron chi connectivity index (χ1n) is 13.6. The van der Waals surface area contributed by atoms with Crippen molar-refractivity contribution < 1.29 is 66.1 Å². The number of aromatic carboxylic acids is 1. The van der Waals surface area contributed by atoms with Crippen LogP contribution >= 0.6 is 0 Å². The first-order valence-corrected chi connectivity index (χ1v) is 14.9. The summed E-state index contributed by atoms with van der Waals surface area (Å²) in [6.07, 6.45) is 7.96. The molecule has 0 saturated carbocycles. The molecule has 7 aromatic rings. The smallest absolute Gasteiger partial charge is 0.545 e. The fraction of sp³-hybridized carbons (Fsp3) is 0.0588.